The van der Waals surface area contributed by atoms with Crippen molar-refractivity contribution in [2.75, 3.05) is 0 Å². The third-order valence-electron chi connectivity index (χ3n) is 7.18. The Morgan fingerprint density at radius 2 is 1.79 bits per heavy atom. The minimum absolute atomic E-state index is 0.00120. The summed E-state index contributed by atoms with van der Waals surface area (Å²) in [6.07, 6.45) is 7.47. The van der Waals surface area contributed by atoms with Crippen LogP contribution in [0.3, 0.4) is 0 Å². The molecule has 3 rings (SSSR count). The smallest absolute Gasteiger partial charge is 0.192 e. The largest absolute Gasteiger partial charge is 0.410 e. The van der Waals surface area contributed by atoms with E-state index >= 15 is 0 Å². The quantitative estimate of drug-likeness (QED) is 0.292. The predicted molar refractivity (Wildman–Crippen MR) is 119 cm³/mol. The third kappa shape index (κ3) is 4.10. The maximum atomic E-state index is 12.0. The molecule has 28 heavy (non-hydrogen) atoms. The van der Waals surface area contributed by atoms with Crippen LogP contribution in [0.4, 0.5) is 0 Å². The van der Waals surface area contributed by atoms with Gasteiger partial charge >= 0.3 is 0 Å². The Balaban J connectivity index is 2.18. The van der Waals surface area contributed by atoms with Crippen molar-refractivity contribution < 1.29 is 9.22 Å². The van der Waals surface area contributed by atoms with Crippen molar-refractivity contribution >= 4 is 26.2 Å². The molecule has 5 heteroatoms. The number of pyridine rings is 1. The first-order valence-electron chi connectivity index (χ1n) is 10.7. The van der Waals surface area contributed by atoms with E-state index in [4.69, 9.17) is 21.0 Å². The van der Waals surface area contributed by atoms with Crippen LogP contribution in [0.1, 0.15) is 106 Å². The van der Waals surface area contributed by atoms with Crippen molar-refractivity contribution in [3.05, 3.63) is 27.5 Å². The van der Waals surface area contributed by atoms with Crippen molar-refractivity contribution in [3.8, 4) is 0 Å². The number of rotatable bonds is 4. The van der Waals surface area contributed by atoms with E-state index < -0.39 is 8.32 Å². The van der Waals surface area contributed by atoms with Gasteiger partial charge in [-0.25, -0.2) is 4.98 Å². The lowest BCUT2D eigenvalue weighted by atomic mass is 9.72. The molecule has 0 N–H and O–H groups in total. The molecule has 1 saturated carbocycles. The number of aldehydes is 1. The van der Waals surface area contributed by atoms with Crippen LogP contribution < -0.4 is 0 Å². The highest BCUT2D eigenvalue weighted by Crippen LogP contribution is 2.51. The zero-order valence-corrected chi connectivity index (χ0v) is 20.4. The number of aromatic nitrogens is 1. The molecular formula is C23H36ClNO2Si. The monoisotopic (exact) mass is 421 g/mol. The highest BCUT2D eigenvalue weighted by molar-refractivity contribution is 6.74. The van der Waals surface area contributed by atoms with E-state index in [0.29, 0.717) is 16.6 Å². The van der Waals surface area contributed by atoms with Crippen LogP contribution in [-0.4, -0.2) is 19.6 Å². The van der Waals surface area contributed by atoms with Gasteiger partial charge in [-0.3, -0.25) is 4.79 Å². The van der Waals surface area contributed by atoms with Gasteiger partial charge in [0.2, 0.25) is 0 Å². The second kappa shape index (κ2) is 7.52. The fourth-order valence-corrected chi connectivity index (χ4v) is 6.19. The standard InChI is InChI=1S/C23H36ClNO2Si/c1-22(2,3)28(6,7)27-18-13-23(4,5)12-17-20(18)19(15-10-8-9-11-15)16(14-26)21(24)25-17/h14-15,18H,8-13H2,1-7H3/t18-/m0/s1. The highest BCUT2D eigenvalue weighted by Gasteiger charge is 2.45. The Hall–Kier alpha value is -0.713. The van der Waals surface area contributed by atoms with Crippen LogP contribution in [0.15, 0.2) is 0 Å². The van der Waals surface area contributed by atoms with E-state index in [9.17, 15) is 4.79 Å². The Morgan fingerprint density at radius 3 is 2.32 bits per heavy atom. The molecule has 1 fully saturated rings. The fraction of sp³-hybridized carbons (Fsp3) is 0.739. The van der Waals surface area contributed by atoms with E-state index in [0.717, 1.165) is 43.2 Å². The molecule has 3 nitrogen and oxygen atoms in total. The molecule has 0 amide bonds. The molecule has 0 radical (unpaired) electrons. The molecule has 0 aromatic carbocycles. The Kier molecular flexibility index (Phi) is 5.90. The predicted octanol–water partition coefficient (Wildman–Crippen LogP) is 7.24. The van der Waals surface area contributed by atoms with Gasteiger partial charge in [-0.2, -0.15) is 0 Å². The van der Waals surface area contributed by atoms with Gasteiger partial charge in [0.25, 0.3) is 0 Å². The molecule has 2 aliphatic carbocycles. The summed E-state index contributed by atoms with van der Waals surface area (Å²) in [5.74, 6) is 0.404. The molecule has 1 heterocycles. The summed E-state index contributed by atoms with van der Waals surface area (Å²) < 4.78 is 6.98. The maximum Gasteiger partial charge on any atom is 0.192 e. The van der Waals surface area contributed by atoms with Gasteiger partial charge in [0.05, 0.1) is 11.7 Å². The van der Waals surface area contributed by atoms with Gasteiger partial charge in [-0.05, 0) is 60.7 Å². The lowest BCUT2D eigenvalue weighted by Gasteiger charge is -2.45. The second-order valence-corrected chi connectivity index (χ2v) is 16.2. The van der Waals surface area contributed by atoms with E-state index in [1.165, 1.54) is 18.4 Å². The minimum Gasteiger partial charge on any atom is -0.410 e. The molecule has 2 aliphatic rings. The van der Waals surface area contributed by atoms with E-state index in [1.807, 2.05) is 0 Å². The van der Waals surface area contributed by atoms with E-state index in [-0.39, 0.29) is 16.6 Å². The summed E-state index contributed by atoms with van der Waals surface area (Å²) in [4.78, 5) is 16.7. The van der Waals surface area contributed by atoms with Crippen molar-refractivity contribution in [1.29, 1.82) is 0 Å². The lowest BCUT2D eigenvalue weighted by Crippen LogP contribution is -2.44. The molecular weight excluding hydrogens is 386 g/mol. The Bertz CT molecular complexity index is 761. The van der Waals surface area contributed by atoms with Crippen LogP contribution in [0, 0.1) is 5.41 Å². The summed E-state index contributed by atoms with van der Waals surface area (Å²) in [7, 11) is -1.98. The van der Waals surface area contributed by atoms with E-state index in [2.05, 4.69) is 47.7 Å². The number of halogens is 1. The van der Waals surface area contributed by atoms with Crippen LogP contribution in [-0.2, 0) is 10.8 Å². The van der Waals surface area contributed by atoms with E-state index in [1.54, 1.807) is 0 Å². The topological polar surface area (TPSA) is 39.2 Å². The average molecular weight is 422 g/mol. The third-order valence-corrected chi connectivity index (χ3v) is 12.0. The number of carbonyl (C=O) groups excluding carboxylic acids is 1. The van der Waals surface area contributed by atoms with Gasteiger partial charge in [-0.1, -0.05) is 59.1 Å². The van der Waals surface area contributed by atoms with Gasteiger partial charge in [0, 0.05) is 11.3 Å². The van der Waals surface area contributed by atoms with Crippen LogP contribution in [0.25, 0.3) is 0 Å². The number of nitrogens with zero attached hydrogens (tertiary/aromatic N) is 1. The molecule has 0 unspecified atom stereocenters. The lowest BCUT2D eigenvalue weighted by molar-refractivity contribution is 0.104. The minimum atomic E-state index is -1.98. The highest BCUT2D eigenvalue weighted by atomic mass is 35.5. The van der Waals surface area contributed by atoms with Crippen molar-refractivity contribution in [1.82, 2.24) is 4.98 Å². The average Bonchev–Trinajstić information content (AvgIpc) is 3.04. The summed E-state index contributed by atoms with van der Waals surface area (Å²) >= 11 is 6.52. The van der Waals surface area contributed by atoms with Crippen molar-refractivity contribution in [2.45, 2.75) is 103 Å². The van der Waals surface area contributed by atoms with Gasteiger partial charge in [0.15, 0.2) is 14.6 Å². The Morgan fingerprint density at radius 1 is 1.18 bits per heavy atom. The summed E-state index contributed by atoms with van der Waals surface area (Å²) in [5, 5.41) is 0.509. The molecule has 0 saturated heterocycles. The summed E-state index contributed by atoms with van der Waals surface area (Å²) in [5.41, 5.74) is 4.11. The van der Waals surface area contributed by atoms with Crippen molar-refractivity contribution in [2.24, 2.45) is 5.41 Å². The first-order valence-corrected chi connectivity index (χ1v) is 14.0. The SMILES string of the molecule is CC1(C)Cc2nc(Cl)c(C=O)c(C3CCCC3)c2[C@@H](O[Si](C)(C)C(C)(C)C)C1. The molecule has 1 aromatic rings. The maximum absolute atomic E-state index is 12.0. The van der Waals surface area contributed by atoms with Crippen molar-refractivity contribution in [3.63, 3.8) is 0 Å². The first-order chi connectivity index (χ1) is 12.9. The number of carbonyl (C=O) groups is 1. The Labute approximate surface area is 176 Å². The summed E-state index contributed by atoms with van der Waals surface area (Å²) in [6.45, 7) is 16.0. The van der Waals surface area contributed by atoms with Gasteiger partial charge < -0.3 is 4.43 Å². The molecule has 0 spiro atoms. The first kappa shape index (κ1) is 22.0. The van der Waals surface area contributed by atoms with Crippen LogP contribution in [0.2, 0.25) is 23.3 Å². The zero-order chi connectivity index (χ0) is 20.9. The van der Waals surface area contributed by atoms with Gasteiger partial charge in [0.1, 0.15) is 5.15 Å². The second-order valence-electron chi connectivity index (χ2n) is 11.1. The number of fused-ring (bicyclic) bond motifs is 1. The molecule has 1 aromatic heterocycles. The molecule has 1 atom stereocenters. The van der Waals surface area contributed by atoms with Crippen LogP contribution in [0.5, 0.6) is 0 Å². The normalized spacial score (nSPS) is 22.9. The number of hydrogen-bond acceptors (Lipinski definition) is 3. The zero-order valence-electron chi connectivity index (χ0n) is 18.6. The fourth-order valence-electron chi connectivity index (χ4n) is 4.67. The molecule has 0 aliphatic heterocycles. The molecule has 156 valence electrons. The van der Waals surface area contributed by atoms with Crippen LogP contribution >= 0.6 is 11.6 Å². The molecule has 0 bridgehead atoms. The van der Waals surface area contributed by atoms with Gasteiger partial charge in [-0.15, -0.1) is 0 Å². The number of hydrogen-bond donors (Lipinski definition) is 0. The summed E-state index contributed by atoms with van der Waals surface area (Å²) in [6, 6.07) is 0.